The summed E-state index contributed by atoms with van der Waals surface area (Å²) in [5, 5.41) is 37.0. The van der Waals surface area contributed by atoms with Gasteiger partial charge in [0.25, 0.3) is 0 Å². The zero-order valence-corrected chi connectivity index (χ0v) is 32.3. The van der Waals surface area contributed by atoms with E-state index in [1.54, 1.807) is 8.80 Å². The number of para-hydroxylation sites is 4. The topological polar surface area (TPSA) is 128 Å². The molecule has 0 unspecified atom stereocenters. The van der Waals surface area contributed by atoms with E-state index in [1.807, 2.05) is 111 Å². The van der Waals surface area contributed by atoms with Crippen molar-refractivity contribution < 1.29 is 26.7 Å². The first-order valence-corrected chi connectivity index (χ1v) is 18.6. The third-order valence-electron chi connectivity index (χ3n) is 11.3. The Bertz CT molecular complexity index is 3410. The number of fused-ring (bicyclic) bond motifs is 6. The number of pyridine rings is 2. The van der Waals surface area contributed by atoms with E-state index in [0.717, 1.165) is 66.1 Å². The standard InChI is InChI=1S/2C24H14N4O.Ni/c1-13-19(22-15-9-5-7-14-8-6-11-17(26-22)20(14)15)24(29)28-18-12-4-3-10-16(18)27-23(28)21(13)25-2;1-13-16(12-25)23-27-17-9-2-3-11-19(17)28(23)24(29)20(13)22-15-8-4-6-14-7-5-10-18(26-22)21(14)15;/h3-12,29H,1H3;2-11,29H,1H3;. The van der Waals surface area contributed by atoms with Crippen LogP contribution in [0.2, 0.25) is 0 Å². The van der Waals surface area contributed by atoms with Crippen LogP contribution in [0.4, 0.5) is 17.1 Å². The van der Waals surface area contributed by atoms with Crippen LogP contribution in [0.25, 0.3) is 59.8 Å². The zero-order chi connectivity index (χ0) is 39.4. The number of aromatic nitrogens is 4. The van der Waals surface area contributed by atoms with Crippen LogP contribution in [-0.4, -0.2) is 40.4 Å². The number of benzene rings is 6. The van der Waals surface area contributed by atoms with E-state index < -0.39 is 0 Å². The molecule has 6 aromatic carbocycles. The van der Waals surface area contributed by atoms with E-state index in [0.29, 0.717) is 56.2 Å². The Kier molecular flexibility index (Phi) is 7.90. The molecule has 10 aromatic rings. The molecule has 0 fully saturated rings. The van der Waals surface area contributed by atoms with Crippen molar-refractivity contribution in [3.05, 3.63) is 172 Å². The third kappa shape index (κ3) is 4.89. The van der Waals surface area contributed by atoms with E-state index in [2.05, 4.69) is 45.1 Å². The van der Waals surface area contributed by atoms with E-state index >= 15 is 0 Å². The second-order valence-corrected chi connectivity index (χ2v) is 14.4. The summed E-state index contributed by atoms with van der Waals surface area (Å²) in [6, 6.07) is 41.6. The van der Waals surface area contributed by atoms with Crippen LogP contribution in [0.3, 0.4) is 0 Å². The Morgan fingerprint density at radius 3 is 1.56 bits per heavy atom. The molecule has 2 aliphatic heterocycles. The molecule has 0 spiro atoms. The molecule has 282 valence electrons. The molecule has 0 radical (unpaired) electrons. The molecule has 11 heteroatoms. The fraction of sp³-hybridized carbons (Fsp3) is 0.0417. The number of nitriles is 1. The van der Waals surface area contributed by atoms with Gasteiger partial charge in [-0.2, -0.15) is 5.26 Å². The van der Waals surface area contributed by atoms with Crippen molar-refractivity contribution in [2.75, 3.05) is 0 Å². The van der Waals surface area contributed by atoms with Crippen LogP contribution in [0.15, 0.2) is 131 Å². The minimum Gasteiger partial charge on any atom is -0.494 e. The first-order valence-electron chi connectivity index (χ1n) is 18.6. The molecular formula is C48H28N8NiO2. The summed E-state index contributed by atoms with van der Waals surface area (Å²) in [5.41, 5.74) is 12.4. The predicted molar refractivity (Wildman–Crippen MR) is 228 cm³/mol. The molecule has 0 amide bonds. The molecule has 0 aliphatic carbocycles. The van der Waals surface area contributed by atoms with Crippen molar-refractivity contribution in [1.82, 2.24) is 18.8 Å². The van der Waals surface area contributed by atoms with Crippen molar-refractivity contribution >= 4 is 83.4 Å². The molecule has 10 nitrogen and oxygen atoms in total. The molecule has 0 bridgehead atoms. The van der Waals surface area contributed by atoms with Gasteiger partial charge in [0.1, 0.15) is 11.7 Å². The maximum absolute atomic E-state index is 11.4. The van der Waals surface area contributed by atoms with Crippen LogP contribution in [-0.2, 0) is 16.5 Å². The molecule has 0 saturated heterocycles. The third-order valence-corrected chi connectivity index (χ3v) is 11.3. The largest absolute Gasteiger partial charge is 0.494 e. The smallest absolute Gasteiger partial charge is 0.232 e. The molecule has 59 heavy (non-hydrogen) atoms. The van der Waals surface area contributed by atoms with Crippen LogP contribution < -0.4 is 0 Å². The fourth-order valence-electron chi connectivity index (χ4n) is 8.75. The van der Waals surface area contributed by atoms with E-state index in [4.69, 9.17) is 16.6 Å². The summed E-state index contributed by atoms with van der Waals surface area (Å²) in [5.74, 6) is 0.107. The SMILES string of the molecule is Cc1c(C2=Nc3cccc4cccc2c34)c(O)n2c(nc3ccccc32)c1C#N.[C-]#[N+]c1c(C)c(C2=Nc3cccc4cccc2c34)c(O)n2c1nc1ccccc12.[Ni]. The summed E-state index contributed by atoms with van der Waals surface area (Å²) in [7, 11) is 0. The van der Waals surface area contributed by atoms with Gasteiger partial charge < -0.3 is 10.2 Å². The fourth-order valence-corrected chi connectivity index (χ4v) is 8.75. The zero-order valence-electron chi connectivity index (χ0n) is 31.3. The van der Waals surface area contributed by atoms with Gasteiger partial charge in [0, 0.05) is 38.4 Å². The Morgan fingerprint density at radius 1 is 0.593 bits per heavy atom. The Hall–Kier alpha value is -7.85. The Labute approximate surface area is 346 Å². The average Bonchev–Trinajstić information content (AvgIpc) is 4.02. The van der Waals surface area contributed by atoms with Gasteiger partial charge in [-0.1, -0.05) is 84.9 Å². The summed E-state index contributed by atoms with van der Waals surface area (Å²) in [6.07, 6.45) is 0. The van der Waals surface area contributed by atoms with E-state index in [1.165, 1.54) is 0 Å². The first kappa shape index (κ1) is 35.6. The second-order valence-electron chi connectivity index (χ2n) is 14.4. The van der Waals surface area contributed by atoms with Gasteiger partial charge in [-0.15, -0.1) is 0 Å². The molecule has 2 N–H and O–H groups in total. The van der Waals surface area contributed by atoms with Crippen LogP contribution in [0.1, 0.15) is 38.9 Å². The summed E-state index contributed by atoms with van der Waals surface area (Å²) < 4.78 is 3.32. The number of nitrogens with zero attached hydrogens (tertiary/aromatic N) is 8. The number of hydrogen-bond donors (Lipinski definition) is 2. The molecule has 0 atom stereocenters. The normalized spacial score (nSPS) is 12.4. The van der Waals surface area contributed by atoms with Gasteiger partial charge in [0.15, 0.2) is 5.65 Å². The maximum Gasteiger partial charge on any atom is 0.232 e. The van der Waals surface area contributed by atoms with Crippen molar-refractivity contribution in [2.45, 2.75) is 13.8 Å². The number of aliphatic imine (C=N–C) groups is 2. The van der Waals surface area contributed by atoms with Crippen LogP contribution in [0.5, 0.6) is 11.8 Å². The van der Waals surface area contributed by atoms with Gasteiger partial charge in [0.2, 0.25) is 17.4 Å². The van der Waals surface area contributed by atoms with Gasteiger partial charge in [-0.25, -0.2) is 24.8 Å². The van der Waals surface area contributed by atoms with Crippen LogP contribution >= 0.6 is 0 Å². The van der Waals surface area contributed by atoms with Gasteiger partial charge in [-0.05, 0) is 72.1 Å². The summed E-state index contributed by atoms with van der Waals surface area (Å²) in [6.45, 7) is 11.5. The van der Waals surface area contributed by atoms with E-state index in [-0.39, 0.29) is 28.3 Å². The number of hydrogen-bond acceptors (Lipinski definition) is 7. The van der Waals surface area contributed by atoms with Gasteiger partial charge >= 0.3 is 0 Å². The van der Waals surface area contributed by atoms with Gasteiger partial charge in [-0.3, -0.25) is 8.80 Å². The predicted octanol–water partition coefficient (Wildman–Crippen LogP) is 10.7. The first-order chi connectivity index (χ1) is 28.4. The second kappa shape index (κ2) is 13.1. The Morgan fingerprint density at radius 2 is 1.05 bits per heavy atom. The molecule has 12 rings (SSSR count). The maximum atomic E-state index is 11.4. The number of imidazole rings is 2. The van der Waals surface area contributed by atoms with Crippen molar-refractivity contribution in [3.8, 4) is 17.8 Å². The van der Waals surface area contributed by atoms with Crippen molar-refractivity contribution in [1.29, 1.82) is 5.26 Å². The summed E-state index contributed by atoms with van der Waals surface area (Å²) in [4.78, 5) is 22.7. The molecular weight excluding hydrogens is 779 g/mol. The molecule has 6 heterocycles. The average molecular weight is 807 g/mol. The monoisotopic (exact) mass is 806 g/mol. The Balaban J connectivity index is 0.000000140. The minimum atomic E-state index is 0. The van der Waals surface area contributed by atoms with Crippen molar-refractivity contribution in [2.24, 2.45) is 9.98 Å². The number of aromatic hydroxyl groups is 2. The molecule has 2 aliphatic rings. The molecule has 0 saturated carbocycles. The molecule has 4 aromatic heterocycles. The van der Waals surface area contributed by atoms with E-state index in [9.17, 15) is 15.5 Å². The minimum absolute atomic E-state index is 0. The van der Waals surface area contributed by atoms with Gasteiger partial charge in [0.05, 0.1) is 68.1 Å². The van der Waals surface area contributed by atoms with Crippen LogP contribution in [0, 0.1) is 31.8 Å². The quantitative estimate of drug-likeness (QED) is 0.133. The number of rotatable bonds is 2. The summed E-state index contributed by atoms with van der Waals surface area (Å²) >= 11 is 0. The van der Waals surface area contributed by atoms with Crippen molar-refractivity contribution in [3.63, 3.8) is 0 Å².